The first-order valence-corrected chi connectivity index (χ1v) is 11.5. The number of benzene rings is 2. The van der Waals surface area contributed by atoms with Crippen molar-refractivity contribution in [3.8, 4) is 11.3 Å². The molecule has 8 nitrogen and oxygen atoms in total. The fraction of sp³-hybridized carbons (Fsp3) is 0.200. The Balaban J connectivity index is 1.20. The maximum absolute atomic E-state index is 13.1. The smallest absolute Gasteiger partial charge is 0.276 e. The van der Waals surface area contributed by atoms with E-state index < -0.39 is 0 Å². The third-order valence-corrected chi connectivity index (χ3v) is 6.51. The lowest BCUT2D eigenvalue weighted by atomic mass is 10.1. The van der Waals surface area contributed by atoms with Crippen molar-refractivity contribution in [1.29, 1.82) is 0 Å². The molecule has 2 aromatic carbocycles. The van der Waals surface area contributed by atoms with E-state index in [-0.39, 0.29) is 11.5 Å². The van der Waals surface area contributed by atoms with Crippen LogP contribution in [-0.2, 0) is 24.2 Å². The van der Waals surface area contributed by atoms with Crippen molar-refractivity contribution in [2.24, 2.45) is 0 Å². The average Bonchev–Trinajstić information content (AvgIpc) is 3.46. The highest BCUT2D eigenvalue weighted by Gasteiger charge is 2.25. The van der Waals surface area contributed by atoms with Gasteiger partial charge in [-0.1, -0.05) is 41.9 Å². The van der Waals surface area contributed by atoms with Crippen molar-refractivity contribution < 1.29 is 4.79 Å². The summed E-state index contributed by atoms with van der Waals surface area (Å²) in [6.07, 6.45) is 1.31. The average molecular weight is 473 g/mol. The number of hydrogen-bond acceptors (Lipinski definition) is 4. The second kappa shape index (κ2) is 8.14. The Morgan fingerprint density at radius 2 is 1.94 bits per heavy atom. The van der Waals surface area contributed by atoms with Gasteiger partial charge in [0, 0.05) is 36.0 Å². The summed E-state index contributed by atoms with van der Waals surface area (Å²) in [4.78, 5) is 40.3. The Kier molecular flexibility index (Phi) is 4.95. The van der Waals surface area contributed by atoms with Gasteiger partial charge in [-0.05, 0) is 30.2 Å². The molecule has 4 heterocycles. The van der Waals surface area contributed by atoms with E-state index in [4.69, 9.17) is 16.6 Å². The minimum Gasteiger partial charge on any atom is -0.342 e. The summed E-state index contributed by atoms with van der Waals surface area (Å²) in [7, 11) is 0. The molecule has 3 aromatic heterocycles. The van der Waals surface area contributed by atoms with Crippen LogP contribution in [0, 0.1) is 0 Å². The standard InChI is InChI=1S/C25H21ClN6O2/c26-16-6-7-18-20(12-16)28-22(27-18)8-9-24(33)31-11-10-17-21(14-31)29-23-13-19(30-32(23)25(17)34)15-4-2-1-3-5-15/h1-7,12-13,30H,8-11,14H2,(H,27,28). The minimum atomic E-state index is -0.102. The lowest BCUT2D eigenvalue weighted by Gasteiger charge is -2.27. The fourth-order valence-electron chi connectivity index (χ4n) is 4.51. The molecule has 0 atom stereocenters. The van der Waals surface area contributed by atoms with E-state index >= 15 is 0 Å². The number of halogens is 1. The molecule has 0 saturated carbocycles. The van der Waals surface area contributed by atoms with Crippen LogP contribution in [0.15, 0.2) is 59.4 Å². The van der Waals surface area contributed by atoms with E-state index in [2.05, 4.69) is 15.1 Å². The van der Waals surface area contributed by atoms with Gasteiger partial charge in [0.2, 0.25) is 5.91 Å². The predicted molar refractivity (Wildman–Crippen MR) is 130 cm³/mol. The van der Waals surface area contributed by atoms with E-state index in [0.29, 0.717) is 54.3 Å². The number of nitrogens with zero attached hydrogens (tertiary/aromatic N) is 4. The van der Waals surface area contributed by atoms with E-state index in [1.54, 1.807) is 11.0 Å². The first-order valence-electron chi connectivity index (χ1n) is 11.2. The second-order valence-corrected chi connectivity index (χ2v) is 8.92. The summed E-state index contributed by atoms with van der Waals surface area (Å²) in [5.74, 6) is 0.770. The Bertz CT molecular complexity index is 1600. The van der Waals surface area contributed by atoms with Gasteiger partial charge in [-0.25, -0.2) is 14.5 Å². The van der Waals surface area contributed by atoms with Gasteiger partial charge in [0.25, 0.3) is 5.56 Å². The minimum absolute atomic E-state index is 0.0187. The molecule has 0 unspecified atom stereocenters. The zero-order valence-electron chi connectivity index (χ0n) is 18.2. The van der Waals surface area contributed by atoms with Crippen molar-refractivity contribution in [2.45, 2.75) is 25.8 Å². The summed E-state index contributed by atoms with van der Waals surface area (Å²) in [5, 5.41) is 3.80. The Hall–Kier alpha value is -3.91. The number of fused-ring (bicyclic) bond motifs is 3. The molecule has 1 aliphatic rings. The molecule has 6 rings (SSSR count). The Morgan fingerprint density at radius 1 is 1.09 bits per heavy atom. The van der Waals surface area contributed by atoms with Crippen LogP contribution in [0.5, 0.6) is 0 Å². The van der Waals surface area contributed by atoms with E-state index in [1.165, 1.54) is 4.52 Å². The van der Waals surface area contributed by atoms with Gasteiger partial charge < -0.3 is 9.88 Å². The normalized spacial score (nSPS) is 13.5. The summed E-state index contributed by atoms with van der Waals surface area (Å²) >= 11 is 6.04. The first kappa shape index (κ1) is 20.7. The zero-order valence-corrected chi connectivity index (χ0v) is 19.0. The maximum Gasteiger partial charge on any atom is 0.276 e. The molecule has 0 aliphatic carbocycles. The van der Waals surface area contributed by atoms with Crippen molar-refractivity contribution >= 4 is 34.2 Å². The summed E-state index contributed by atoms with van der Waals surface area (Å²) < 4.78 is 1.49. The molecular weight excluding hydrogens is 452 g/mol. The van der Waals surface area contributed by atoms with E-state index in [0.717, 1.165) is 28.1 Å². The number of aromatic amines is 2. The number of aromatic nitrogens is 5. The number of hydrogen-bond donors (Lipinski definition) is 2. The summed E-state index contributed by atoms with van der Waals surface area (Å²) in [5.41, 5.74) is 5.28. The van der Waals surface area contributed by atoms with Crippen molar-refractivity contribution in [2.75, 3.05) is 6.54 Å². The van der Waals surface area contributed by atoms with Gasteiger partial charge in [0.05, 0.1) is 29.0 Å². The molecule has 170 valence electrons. The fourth-order valence-corrected chi connectivity index (χ4v) is 4.68. The third kappa shape index (κ3) is 3.66. The van der Waals surface area contributed by atoms with Gasteiger partial charge >= 0.3 is 0 Å². The number of carbonyl (C=O) groups is 1. The number of amides is 1. The third-order valence-electron chi connectivity index (χ3n) is 6.27. The van der Waals surface area contributed by atoms with Crippen LogP contribution in [0.3, 0.4) is 0 Å². The molecule has 0 radical (unpaired) electrons. The van der Waals surface area contributed by atoms with Gasteiger partial charge in [-0.2, -0.15) is 0 Å². The highest BCUT2D eigenvalue weighted by Crippen LogP contribution is 2.22. The lowest BCUT2D eigenvalue weighted by Crippen LogP contribution is -2.39. The van der Waals surface area contributed by atoms with Crippen molar-refractivity contribution in [1.82, 2.24) is 29.5 Å². The molecule has 1 aliphatic heterocycles. The number of H-pyrrole nitrogens is 2. The SMILES string of the molecule is O=C(CCc1nc2ccc(Cl)cc2[nH]1)N1CCc2c(nc3cc(-c4ccccc4)[nH]n3c2=O)C1. The van der Waals surface area contributed by atoms with Gasteiger partial charge in [-0.15, -0.1) is 0 Å². The van der Waals surface area contributed by atoms with Crippen LogP contribution in [0.4, 0.5) is 0 Å². The van der Waals surface area contributed by atoms with Crippen LogP contribution in [0.1, 0.15) is 23.5 Å². The van der Waals surface area contributed by atoms with Crippen molar-refractivity contribution in [3.63, 3.8) is 0 Å². The molecule has 9 heteroatoms. The number of nitrogens with one attached hydrogen (secondary N) is 2. The van der Waals surface area contributed by atoms with Gasteiger partial charge in [0.15, 0.2) is 5.65 Å². The molecule has 1 amide bonds. The molecule has 5 aromatic rings. The van der Waals surface area contributed by atoms with E-state index in [9.17, 15) is 9.59 Å². The number of aryl methyl sites for hydroxylation is 1. The highest BCUT2D eigenvalue weighted by atomic mass is 35.5. The van der Waals surface area contributed by atoms with Crippen molar-refractivity contribution in [3.05, 3.63) is 87.1 Å². The van der Waals surface area contributed by atoms with Crippen LogP contribution < -0.4 is 5.56 Å². The molecular formula is C25H21ClN6O2. The summed E-state index contributed by atoms with van der Waals surface area (Å²) in [6.45, 7) is 0.832. The van der Waals surface area contributed by atoms with Crippen LogP contribution in [-0.4, -0.2) is 41.9 Å². The molecule has 0 bridgehead atoms. The number of imidazole rings is 1. The summed E-state index contributed by atoms with van der Waals surface area (Å²) in [6, 6.07) is 17.2. The Labute approximate surface area is 199 Å². The van der Waals surface area contributed by atoms with Gasteiger partial charge in [-0.3, -0.25) is 14.7 Å². The number of carbonyl (C=O) groups excluding carboxylic acids is 1. The van der Waals surface area contributed by atoms with Gasteiger partial charge in [0.1, 0.15) is 5.82 Å². The topological polar surface area (TPSA) is 99.2 Å². The highest BCUT2D eigenvalue weighted by molar-refractivity contribution is 6.31. The maximum atomic E-state index is 13.1. The zero-order chi connectivity index (χ0) is 23.2. The molecule has 34 heavy (non-hydrogen) atoms. The first-order chi connectivity index (χ1) is 16.5. The second-order valence-electron chi connectivity index (χ2n) is 8.48. The molecule has 0 spiro atoms. The van der Waals surface area contributed by atoms with Crippen LogP contribution in [0.25, 0.3) is 27.9 Å². The van der Waals surface area contributed by atoms with Crippen LogP contribution in [0.2, 0.25) is 5.02 Å². The number of rotatable bonds is 4. The quantitative estimate of drug-likeness (QED) is 0.416. The predicted octanol–water partition coefficient (Wildman–Crippen LogP) is 3.74. The molecule has 0 fully saturated rings. The van der Waals surface area contributed by atoms with E-state index in [1.807, 2.05) is 48.5 Å². The Morgan fingerprint density at radius 3 is 2.79 bits per heavy atom. The molecule has 0 saturated heterocycles. The molecule has 2 N–H and O–H groups in total. The monoisotopic (exact) mass is 472 g/mol. The lowest BCUT2D eigenvalue weighted by molar-refractivity contribution is -0.132. The van der Waals surface area contributed by atoms with Crippen LogP contribution >= 0.6 is 11.6 Å². The largest absolute Gasteiger partial charge is 0.342 e.